The summed E-state index contributed by atoms with van der Waals surface area (Å²) < 4.78 is 52.4. The molecule has 3 aromatic rings. The Morgan fingerprint density at radius 1 is 1.11 bits per heavy atom. The van der Waals surface area contributed by atoms with Crippen LogP contribution in [-0.2, 0) is 33.0 Å². The number of sulfone groups is 1. The van der Waals surface area contributed by atoms with E-state index >= 15 is 0 Å². The molecule has 2 N–H and O–H groups in total. The van der Waals surface area contributed by atoms with Crippen LogP contribution in [0, 0.1) is 0 Å². The Kier molecular flexibility index (Phi) is 8.03. The van der Waals surface area contributed by atoms with Gasteiger partial charge < -0.3 is 4.98 Å². The Bertz CT molecular complexity index is 1700. The van der Waals surface area contributed by atoms with Gasteiger partial charge in [0.05, 0.1) is 34.4 Å². The highest BCUT2D eigenvalue weighted by molar-refractivity contribution is 9.10. The summed E-state index contributed by atoms with van der Waals surface area (Å²) in [5, 5.41) is 0.550. The van der Waals surface area contributed by atoms with Crippen molar-refractivity contribution in [2.45, 2.75) is 37.4 Å². The lowest BCUT2D eigenvalue weighted by atomic mass is 10.1. The van der Waals surface area contributed by atoms with Crippen molar-refractivity contribution in [1.82, 2.24) is 19.2 Å². The summed E-state index contributed by atoms with van der Waals surface area (Å²) in [5.41, 5.74) is 0.185. The minimum atomic E-state index is -3.61. The van der Waals surface area contributed by atoms with Crippen LogP contribution in [0.25, 0.3) is 10.9 Å². The first-order valence-electron chi connectivity index (χ1n) is 11.4. The fourth-order valence-electron chi connectivity index (χ4n) is 4.50. The number of aromatic amines is 1. The van der Waals surface area contributed by atoms with E-state index in [1.165, 1.54) is 25.1 Å². The maximum absolute atomic E-state index is 13.3. The fraction of sp³-hybridized carbons (Fsp3) is 0.391. The lowest BCUT2D eigenvalue weighted by Crippen LogP contribution is -2.36. The summed E-state index contributed by atoms with van der Waals surface area (Å²) >= 11 is 9.60. The van der Waals surface area contributed by atoms with E-state index in [0.29, 0.717) is 41.1 Å². The molecular weight excluding hydrogens is 608 g/mol. The van der Waals surface area contributed by atoms with Crippen molar-refractivity contribution in [2.24, 2.45) is 0 Å². The molecule has 0 amide bonds. The molecule has 0 radical (unpaired) electrons. The first-order valence-corrected chi connectivity index (χ1v) is 16.1. The number of halogens is 2. The number of rotatable bonds is 8. The summed E-state index contributed by atoms with van der Waals surface area (Å²) in [5.74, 6) is -0.136. The highest BCUT2D eigenvalue weighted by atomic mass is 79.9. The minimum Gasteiger partial charge on any atom is -0.307 e. The quantitative estimate of drug-likeness (QED) is 0.387. The van der Waals surface area contributed by atoms with Crippen LogP contribution in [0.1, 0.15) is 24.5 Å². The van der Waals surface area contributed by atoms with Gasteiger partial charge in [0.25, 0.3) is 5.56 Å². The molecule has 10 nitrogen and oxygen atoms in total. The van der Waals surface area contributed by atoms with Gasteiger partial charge in [-0.3, -0.25) is 14.3 Å². The topological polar surface area (TPSA) is 138 Å². The van der Waals surface area contributed by atoms with Gasteiger partial charge in [-0.2, -0.15) is 0 Å². The van der Waals surface area contributed by atoms with E-state index in [-0.39, 0.29) is 34.2 Å². The Hall–Kier alpha value is -2.03. The maximum Gasteiger partial charge on any atom is 0.329 e. The largest absolute Gasteiger partial charge is 0.329 e. The lowest BCUT2D eigenvalue weighted by Gasteiger charge is -2.18. The Labute approximate surface area is 227 Å². The number of fused-ring (bicyclic) bond motifs is 1. The summed E-state index contributed by atoms with van der Waals surface area (Å²) in [6.45, 7) is 2.98. The van der Waals surface area contributed by atoms with Gasteiger partial charge in [0.15, 0.2) is 9.84 Å². The molecule has 200 valence electrons. The number of benzene rings is 2. The van der Waals surface area contributed by atoms with Gasteiger partial charge in [0.2, 0.25) is 10.0 Å². The smallest absolute Gasteiger partial charge is 0.307 e. The maximum atomic E-state index is 13.3. The number of hydrogen-bond acceptors (Lipinski definition) is 7. The number of likely N-dealkylation sites (tertiary alicyclic amines) is 1. The monoisotopic (exact) mass is 632 g/mol. The van der Waals surface area contributed by atoms with Gasteiger partial charge in [-0.1, -0.05) is 34.5 Å². The van der Waals surface area contributed by atoms with Gasteiger partial charge in [0, 0.05) is 35.2 Å². The number of sulfonamides is 1. The van der Waals surface area contributed by atoms with Crippen LogP contribution in [0.2, 0.25) is 5.02 Å². The van der Waals surface area contributed by atoms with Crippen molar-refractivity contribution >= 4 is 58.3 Å². The van der Waals surface area contributed by atoms with Crippen molar-refractivity contribution in [3.05, 3.63) is 71.8 Å². The molecule has 2 heterocycles. The predicted molar refractivity (Wildman–Crippen MR) is 146 cm³/mol. The second-order valence-electron chi connectivity index (χ2n) is 9.08. The SMILES string of the molecule is CCS(=O)(=O)c1ccc(Cl)cc1Cn1c(=O)[nH]c2cc(CN3CCC(NS(C)(=O)=O)C3)c(Br)cc2c1=O. The van der Waals surface area contributed by atoms with Crippen LogP contribution in [0.4, 0.5) is 0 Å². The van der Waals surface area contributed by atoms with Crippen molar-refractivity contribution in [3.63, 3.8) is 0 Å². The molecule has 1 atom stereocenters. The zero-order valence-corrected chi connectivity index (χ0v) is 24.1. The van der Waals surface area contributed by atoms with Crippen LogP contribution >= 0.6 is 27.5 Å². The van der Waals surface area contributed by atoms with Crippen molar-refractivity contribution in [2.75, 3.05) is 25.1 Å². The molecule has 4 rings (SSSR count). The molecule has 2 aromatic carbocycles. The number of nitrogens with one attached hydrogen (secondary N) is 2. The molecule has 1 aromatic heterocycles. The molecule has 1 aliphatic rings. The van der Waals surface area contributed by atoms with E-state index in [4.69, 9.17) is 11.6 Å². The molecule has 1 aliphatic heterocycles. The second-order valence-corrected chi connectivity index (χ2v) is 14.4. The third kappa shape index (κ3) is 6.35. The fourth-order valence-corrected chi connectivity index (χ4v) is 7.07. The van der Waals surface area contributed by atoms with Crippen molar-refractivity contribution < 1.29 is 16.8 Å². The van der Waals surface area contributed by atoms with Crippen LogP contribution < -0.4 is 16.0 Å². The van der Waals surface area contributed by atoms with E-state index < -0.39 is 31.1 Å². The van der Waals surface area contributed by atoms with Crippen molar-refractivity contribution in [1.29, 1.82) is 0 Å². The molecular formula is C23H26BrClN4O6S2. The van der Waals surface area contributed by atoms with Gasteiger partial charge in [-0.05, 0) is 47.9 Å². The number of hydrogen-bond donors (Lipinski definition) is 2. The summed E-state index contributed by atoms with van der Waals surface area (Å²) in [6.07, 6.45) is 1.81. The van der Waals surface area contributed by atoms with E-state index in [0.717, 1.165) is 16.4 Å². The molecule has 1 saturated heterocycles. The third-order valence-corrected chi connectivity index (χ3v) is 9.83. The first-order chi connectivity index (χ1) is 17.3. The average Bonchev–Trinajstić information content (AvgIpc) is 3.22. The van der Waals surface area contributed by atoms with E-state index in [9.17, 15) is 26.4 Å². The molecule has 0 bridgehead atoms. The van der Waals surface area contributed by atoms with Gasteiger partial charge in [-0.25, -0.2) is 26.4 Å². The molecule has 14 heteroatoms. The van der Waals surface area contributed by atoms with Crippen LogP contribution in [0.5, 0.6) is 0 Å². The number of nitrogens with zero attached hydrogens (tertiary/aromatic N) is 2. The van der Waals surface area contributed by atoms with Crippen molar-refractivity contribution in [3.8, 4) is 0 Å². The summed E-state index contributed by atoms with van der Waals surface area (Å²) in [7, 11) is -6.90. The normalized spacial score (nSPS) is 17.0. The first kappa shape index (κ1) is 28.0. The van der Waals surface area contributed by atoms with Gasteiger partial charge >= 0.3 is 5.69 Å². The summed E-state index contributed by atoms with van der Waals surface area (Å²) in [4.78, 5) is 31.1. The average molecular weight is 634 g/mol. The van der Waals surface area contributed by atoms with Gasteiger partial charge in [-0.15, -0.1) is 0 Å². The Morgan fingerprint density at radius 2 is 1.84 bits per heavy atom. The third-order valence-electron chi connectivity index (χ3n) is 6.26. The second kappa shape index (κ2) is 10.6. The molecule has 0 spiro atoms. The lowest BCUT2D eigenvalue weighted by molar-refractivity contribution is 0.324. The Balaban J connectivity index is 1.67. The van der Waals surface area contributed by atoms with E-state index in [1.807, 2.05) is 0 Å². The molecule has 0 aliphatic carbocycles. The highest BCUT2D eigenvalue weighted by Crippen LogP contribution is 2.25. The summed E-state index contributed by atoms with van der Waals surface area (Å²) in [6, 6.07) is 7.46. The predicted octanol–water partition coefficient (Wildman–Crippen LogP) is 2.07. The van der Waals surface area contributed by atoms with Crippen LogP contribution in [0.15, 0.2) is 49.3 Å². The zero-order chi connectivity index (χ0) is 27.1. The van der Waals surface area contributed by atoms with E-state index in [1.54, 1.807) is 12.1 Å². The molecule has 37 heavy (non-hydrogen) atoms. The van der Waals surface area contributed by atoms with E-state index in [2.05, 4.69) is 30.5 Å². The van der Waals surface area contributed by atoms with Gasteiger partial charge in [0.1, 0.15) is 0 Å². The Morgan fingerprint density at radius 3 is 2.51 bits per heavy atom. The minimum absolute atomic E-state index is 0.0246. The molecule has 1 fully saturated rings. The van der Waals surface area contributed by atoms with Crippen LogP contribution in [0.3, 0.4) is 0 Å². The standard InChI is InChI=1S/C23H26BrClN4O6S2/c1-3-37(34,35)21-5-4-16(25)8-15(21)12-29-22(30)18-10-19(24)14(9-20(18)26-23(29)31)11-28-7-6-17(13-28)27-36(2,32)33/h4-5,8-10,17,27H,3,6-7,11-13H2,1-2H3,(H,26,31). The number of H-pyrrole nitrogens is 1. The van der Waals surface area contributed by atoms with Crippen LogP contribution in [-0.4, -0.2) is 62.4 Å². The number of aromatic nitrogens is 2. The molecule has 1 unspecified atom stereocenters. The molecule has 0 saturated carbocycles. The highest BCUT2D eigenvalue weighted by Gasteiger charge is 2.25. The zero-order valence-electron chi connectivity index (χ0n) is 20.1.